The molecule has 20 heavy (non-hydrogen) atoms. The first-order valence-electron chi connectivity index (χ1n) is 7.08. The van der Waals surface area contributed by atoms with Gasteiger partial charge in [0.25, 0.3) is 0 Å². The van der Waals surface area contributed by atoms with Crippen molar-refractivity contribution in [2.75, 3.05) is 13.1 Å². The first kappa shape index (κ1) is 15.2. The number of rotatable bonds is 1. The number of likely N-dealkylation sites (tertiary alicyclic amines) is 1. The van der Waals surface area contributed by atoms with Crippen molar-refractivity contribution in [1.82, 2.24) is 14.9 Å². The lowest BCUT2D eigenvalue weighted by Crippen LogP contribution is -2.44. The second-order valence-electron chi connectivity index (χ2n) is 6.50. The van der Waals surface area contributed by atoms with E-state index in [2.05, 4.69) is 9.97 Å². The second kappa shape index (κ2) is 5.68. The summed E-state index contributed by atoms with van der Waals surface area (Å²) < 4.78 is 0. The van der Waals surface area contributed by atoms with E-state index in [1.54, 1.807) is 0 Å². The molecule has 0 unspecified atom stereocenters. The molecule has 4 nitrogen and oxygen atoms in total. The van der Waals surface area contributed by atoms with Gasteiger partial charge >= 0.3 is 0 Å². The molecule has 0 spiro atoms. The molecule has 1 saturated heterocycles. The number of hydrogen-bond acceptors (Lipinski definition) is 3. The van der Waals surface area contributed by atoms with E-state index in [9.17, 15) is 4.79 Å². The first-order chi connectivity index (χ1) is 9.27. The highest BCUT2D eigenvalue weighted by molar-refractivity contribution is 6.29. The van der Waals surface area contributed by atoms with E-state index in [4.69, 9.17) is 11.6 Å². The van der Waals surface area contributed by atoms with Crippen LogP contribution in [0.1, 0.15) is 51.0 Å². The lowest BCUT2D eigenvalue weighted by atomic mass is 9.90. The zero-order chi connectivity index (χ0) is 14.9. The van der Waals surface area contributed by atoms with Gasteiger partial charge in [-0.3, -0.25) is 4.79 Å². The molecule has 110 valence electrons. The summed E-state index contributed by atoms with van der Waals surface area (Å²) in [4.78, 5) is 22.9. The molecular formula is C15H22ClN3O. The molecule has 1 fully saturated rings. The van der Waals surface area contributed by atoms with Crippen molar-refractivity contribution >= 4 is 17.5 Å². The largest absolute Gasteiger partial charge is 0.342 e. The van der Waals surface area contributed by atoms with Gasteiger partial charge in [0.1, 0.15) is 11.0 Å². The first-order valence-corrected chi connectivity index (χ1v) is 7.45. The standard InChI is InChI=1S/C15H22ClN3O/c1-10-17-12(8-13(16)18-10)11-6-5-7-19(9-11)14(20)15(2,3)4/h8,11H,5-7,9H2,1-4H3/t11-/m1/s1. The topological polar surface area (TPSA) is 46.1 Å². The number of aryl methyl sites for hydroxylation is 1. The zero-order valence-corrected chi connectivity index (χ0v) is 13.4. The average molecular weight is 296 g/mol. The molecule has 2 heterocycles. The van der Waals surface area contributed by atoms with Crippen molar-refractivity contribution in [3.8, 4) is 0 Å². The van der Waals surface area contributed by atoms with Gasteiger partial charge in [-0.15, -0.1) is 0 Å². The Morgan fingerprint density at radius 3 is 2.70 bits per heavy atom. The van der Waals surface area contributed by atoms with E-state index in [1.165, 1.54) is 0 Å². The van der Waals surface area contributed by atoms with Crippen molar-refractivity contribution in [2.24, 2.45) is 5.41 Å². The van der Waals surface area contributed by atoms with E-state index in [-0.39, 0.29) is 17.2 Å². The third kappa shape index (κ3) is 3.48. The Hall–Kier alpha value is -1.16. The van der Waals surface area contributed by atoms with Crippen LogP contribution in [0.15, 0.2) is 6.07 Å². The van der Waals surface area contributed by atoms with Gasteiger partial charge in [-0.1, -0.05) is 32.4 Å². The van der Waals surface area contributed by atoms with Gasteiger partial charge in [0.15, 0.2) is 0 Å². The third-order valence-electron chi connectivity index (χ3n) is 3.59. The van der Waals surface area contributed by atoms with E-state index < -0.39 is 0 Å². The van der Waals surface area contributed by atoms with Crippen LogP contribution in [0.3, 0.4) is 0 Å². The normalized spacial score (nSPS) is 20.1. The SMILES string of the molecule is Cc1nc(Cl)cc([C@@H]2CCCN(C(=O)C(C)(C)C)C2)n1. The maximum Gasteiger partial charge on any atom is 0.227 e. The lowest BCUT2D eigenvalue weighted by Gasteiger charge is -2.36. The number of hydrogen-bond donors (Lipinski definition) is 0. The summed E-state index contributed by atoms with van der Waals surface area (Å²) in [6, 6.07) is 1.82. The van der Waals surface area contributed by atoms with Crippen LogP contribution in [0.2, 0.25) is 5.15 Å². The van der Waals surface area contributed by atoms with E-state index in [0.29, 0.717) is 11.0 Å². The van der Waals surface area contributed by atoms with Crippen LogP contribution in [0, 0.1) is 12.3 Å². The number of amides is 1. The third-order valence-corrected chi connectivity index (χ3v) is 3.79. The molecule has 1 aromatic heterocycles. The maximum atomic E-state index is 12.4. The fraction of sp³-hybridized carbons (Fsp3) is 0.667. The van der Waals surface area contributed by atoms with E-state index >= 15 is 0 Å². The van der Waals surface area contributed by atoms with E-state index in [0.717, 1.165) is 31.6 Å². The lowest BCUT2D eigenvalue weighted by molar-refractivity contribution is -0.140. The molecule has 0 aromatic carbocycles. The van der Waals surface area contributed by atoms with Crippen LogP contribution in [0.5, 0.6) is 0 Å². The number of carbonyl (C=O) groups is 1. The highest BCUT2D eigenvalue weighted by Gasteiger charge is 2.32. The fourth-order valence-corrected chi connectivity index (χ4v) is 2.87. The van der Waals surface area contributed by atoms with Crippen LogP contribution in [0.4, 0.5) is 0 Å². The minimum absolute atomic E-state index is 0.207. The molecule has 1 aliphatic rings. The van der Waals surface area contributed by atoms with Crippen molar-refractivity contribution in [3.05, 3.63) is 22.7 Å². The molecule has 0 bridgehead atoms. The van der Waals surface area contributed by atoms with Crippen LogP contribution >= 0.6 is 11.6 Å². The molecule has 1 atom stereocenters. The number of piperidine rings is 1. The molecule has 0 N–H and O–H groups in total. The number of carbonyl (C=O) groups excluding carboxylic acids is 1. The van der Waals surface area contributed by atoms with Crippen molar-refractivity contribution < 1.29 is 4.79 Å². The van der Waals surface area contributed by atoms with Gasteiger partial charge in [-0.2, -0.15) is 0 Å². The maximum absolute atomic E-state index is 12.4. The van der Waals surface area contributed by atoms with Crippen LogP contribution in [-0.4, -0.2) is 33.9 Å². The number of halogens is 1. The van der Waals surface area contributed by atoms with Crippen LogP contribution in [0.25, 0.3) is 0 Å². The predicted octanol–water partition coefficient (Wildman–Crippen LogP) is 3.19. The molecule has 2 rings (SSSR count). The van der Waals surface area contributed by atoms with Gasteiger partial charge in [-0.05, 0) is 25.8 Å². The quantitative estimate of drug-likeness (QED) is 0.748. The fourth-order valence-electron chi connectivity index (χ4n) is 2.64. The van der Waals surface area contributed by atoms with Crippen molar-refractivity contribution in [3.63, 3.8) is 0 Å². The molecule has 0 aliphatic carbocycles. The average Bonchev–Trinajstić information content (AvgIpc) is 2.36. The summed E-state index contributed by atoms with van der Waals surface area (Å²) in [5.74, 6) is 1.15. The van der Waals surface area contributed by atoms with E-state index in [1.807, 2.05) is 38.7 Å². The van der Waals surface area contributed by atoms with Crippen LogP contribution in [-0.2, 0) is 4.79 Å². The molecule has 1 aromatic rings. The molecule has 1 aliphatic heterocycles. The minimum Gasteiger partial charge on any atom is -0.342 e. The Bertz CT molecular complexity index is 490. The predicted molar refractivity (Wildman–Crippen MR) is 79.8 cm³/mol. The molecule has 5 heteroatoms. The van der Waals surface area contributed by atoms with Gasteiger partial charge in [-0.25, -0.2) is 9.97 Å². The summed E-state index contributed by atoms with van der Waals surface area (Å²) in [6.07, 6.45) is 2.05. The summed E-state index contributed by atoms with van der Waals surface area (Å²) in [5.41, 5.74) is 0.620. The Labute approximate surface area is 125 Å². The van der Waals surface area contributed by atoms with Gasteiger partial charge in [0.05, 0.1) is 5.69 Å². The molecule has 1 amide bonds. The van der Waals surface area contributed by atoms with Gasteiger partial charge in [0.2, 0.25) is 5.91 Å². The minimum atomic E-state index is -0.332. The molecule has 0 radical (unpaired) electrons. The highest BCUT2D eigenvalue weighted by atomic mass is 35.5. The summed E-state index contributed by atoms with van der Waals surface area (Å²) in [5, 5.41) is 0.478. The van der Waals surface area contributed by atoms with Crippen molar-refractivity contribution in [1.29, 1.82) is 0 Å². The van der Waals surface area contributed by atoms with Crippen molar-refractivity contribution in [2.45, 2.75) is 46.5 Å². The summed E-state index contributed by atoms with van der Waals surface area (Å²) >= 11 is 6.01. The highest BCUT2D eigenvalue weighted by Crippen LogP contribution is 2.29. The molecule has 0 saturated carbocycles. The number of aromatic nitrogens is 2. The number of nitrogens with zero attached hydrogens (tertiary/aromatic N) is 3. The Morgan fingerprint density at radius 1 is 1.40 bits per heavy atom. The Balaban J connectivity index is 2.16. The smallest absolute Gasteiger partial charge is 0.227 e. The summed E-state index contributed by atoms with van der Waals surface area (Å²) in [7, 11) is 0. The van der Waals surface area contributed by atoms with Gasteiger partial charge < -0.3 is 4.90 Å². The monoisotopic (exact) mass is 295 g/mol. The summed E-state index contributed by atoms with van der Waals surface area (Å²) in [6.45, 7) is 9.30. The zero-order valence-electron chi connectivity index (χ0n) is 12.6. The van der Waals surface area contributed by atoms with Gasteiger partial charge in [0, 0.05) is 24.4 Å². The second-order valence-corrected chi connectivity index (χ2v) is 6.89. The Morgan fingerprint density at radius 2 is 2.10 bits per heavy atom. The molecular weight excluding hydrogens is 274 g/mol. The van der Waals surface area contributed by atoms with Crippen LogP contribution < -0.4 is 0 Å². The Kier molecular flexibility index (Phi) is 4.33.